The van der Waals surface area contributed by atoms with Gasteiger partial charge >= 0.3 is 24.3 Å². The molecule has 176 valence electrons. The molecule has 0 bridgehead atoms. The predicted octanol–water partition coefficient (Wildman–Crippen LogP) is 3.42. The van der Waals surface area contributed by atoms with Crippen molar-refractivity contribution in [1.29, 1.82) is 0 Å². The van der Waals surface area contributed by atoms with Crippen LogP contribution in [0.1, 0.15) is 22.2 Å². The van der Waals surface area contributed by atoms with Crippen molar-refractivity contribution in [3.8, 4) is 0 Å². The number of rotatable bonds is 5. The number of carbonyl (C=O) groups is 2. The van der Waals surface area contributed by atoms with Gasteiger partial charge in [0.05, 0.1) is 17.2 Å². The van der Waals surface area contributed by atoms with Gasteiger partial charge in [0.2, 0.25) is 0 Å². The first-order chi connectivity index (χ1) is 14.0. The van der Waals surface area contributed by atoms with Crippen LogP contribution in [-0.2, 0) is 22.6 Å². The van der Waals surface area contributed by atoms with E-state index in [-0.39, 0.29) is 0 Å². The summed E-state index contributed by atoms with van der Waals surface area (Å²) in [5, 5.41) is 17.5. The van der Waals surface area contributed by atoms with Crippen LogP contribution in [0.5, 0.6) is 0 Å². The average molecular weight is 478 g/mol. The summed E-state index contributed by atoms with van der Waals surface area (Å²) in [4.78, 5) is 32.1. The number of H-pyrrole nitrogens is 1. The van der Waals surface area contributed by atoms with E-state index in [2.05, 4.69) is 32.3 Å². The molecule has 0 amide bonds. The van der Waals surface area contributed by atoms with Gasteiger partial charge in [0, 0.05) is 30.2 Å². The summed E-state index contributed by atoms with van der Waals surface area (Å²) in [6, 6.07) is 0. The van der Waals surface area contributed by atoms with E-state index in [1.807, 2.05) is 20.0 Å². The molecule has 0 radical (unpaired) electrons. The Balaban J connectivity index is 0.000000536. The zero-order chi connectivity index (χ0) is 24.4. The standard InChI is InChI=1S/C12H18N4S.2C2HF3O2/c1-9-6-13-12(14-9)7-16(3)5-4-11-8-17-10(2)15-11;2*3-2(4,5)1(6)7/h6,8H,4-5,7H2,1-3H3,(H,13,14);2*(H,6,7). The van der Waals surface area contributed by atoms with Gasteiger partial charge in [0.15, 0.2) is 0 Å². The normalized spacial score (nSPS) is 11.3. The first-order valence-electron chi connectivity index (χ1n) is 8.22. The van der Waals surface area contributed by atoms with Gasteiger partial charge in [-0.25, -0.2) is 19.6 Å². The smallest absolute Gasteiger partial charge is 0.475 e. The van der Waals surface area contributed by atoms with E-state index < -0.39 is 24.3 Å². The summed E-state index contributed by atoms with van der Waals surface area (Å²) < 4.78 is 63.5. The average Bonchev–Trinajstić information content (AvgIpc) is 3.20. The number of imidazole rings is 1. The highest BCUT2D eigenvalue weighted by Gasteiger charge is 2.38. The van der Waals surface area contributed by atoms with Gasteiger partial charge in [-0.1, -0.05) is 0 Å². The Morgan fingerprint density at radius 1 is 1.10 bits per heavy atom. The zero-order valence-electron chi connectivity index (χ0n) is 16.5. The van der Waals surface area contributed by atoms with Crippen molar-refractivity contribution in [3.63, 3.8) is 0 Å². The fourth-order valence-corrected chi connectivity index (χ4v) is 2.36. The Morgan fingerprint density at radius 3 is 1.90 bits per heavy atom. The Kier molecular flexibility index (Phi) is 11.2. The fraction of sp³-hybridized carbons (Fsp3) is 0.500. The second-order valence-corrected chi connectivity index (χ2v) is 7.03. The first-order valence-corrected chi connectivity index (χ1v) is 9.10. The highest BCUT2D eigenvalue weighted by Crippen LogP contribution is 2.13. The minimum absolute atomic E-state index is 0.858. The quantitative estimate of drug-likeness (QED) is 0.564. The number of carboxylic acids is 2. The zero-order valence-corrected chi connectivity index (χ0v) is 17.3. The van der Waals surface area contributed by atoms with Crippen molar-refractivity contribution in [2.45, 2.75) is 39.2 Å². The molecule has 2 heterocycles. The third-order valence-electron chi connectivity index (χ3n) is 3.08. The van der Waals surface area contributed by atoms with Gasteiger partial charge < -0.3 is 15.2 Å². The van der Waals surface area contributed by atoms with Crippen LogP contribution >= 0.6 is 11.3 Å². The lowest BCUT2D eigenvalue weighted by Gasteiger charge is -2.13. The van der Waals surface area contributed by atoms with Crippen molar-refractivity contribution < 1.29 is 46.1 Å². The summed E-state index contributed by atoms with van der Waals surface area (Å²) in [6.07, 6.45) is -7.30. The maximum absolute atomic E-state index is 10.6. The predicted molar refractivity (Wildman–Crippen MR) is 97.6 cm³/mol. The lowest BCUT2D eigenvalue weighted by atomic mass is 10.3. The number of carboxylic acid groups (broad SMARTS) is 2. The van der Waals surface area contributed by atoms with E-state index in [0.717, 1.165) is 36.0 Å². The summed E-state index contributed by atoms with van der Waals surface area (Å²) in [5.41, 5.74) is 2.30. The maximum Gasteiger partial charge on any atom is 0.490 e. The lowest BCUT2D eigenvalue weighted by Crippen LogP contribution is -2.21. The molecule has 0 aliphatic carbocycles. The minimum Gasteiger partial charge on any atom is -0.475 e. The lowest BCUT2D eigenvalue weighted by molar-refractivity contribution is -0.193. The minimum atomic E-state index is -5.08. The van der Waals surface area contributed by atoms with Gasteiger partial charge in [-0.15, -0.1) is 11.3 Å². The molecule has 0 unspecified atom stereocenters. The van der Waals surface area contributed by atoms with E-state index in [1.54, 1.807) is 11.3 Å². The van der Waals surface area contributed by atoms with Crippen LogP contribution in [0.3, 0.4) is 0 Å². The Hall–Kier alpha value is -2.68. The van der Waals surface area contributed by atoms with Crippen LogP contribution in [0.15, 0.2) is 11.6 Å². The summed E-state index contributed by atoms with van der Waals surface area (Å²) in [6.45, 7) is 5.93. The molecule has 15 heteroatoms. The number of hydrogen-bond acceptors (Lipinski definition) is 6. The van der Waals surface area contributed by atoms with Gasteiger partial charge in [0.25, 0.3) is 0 Å². The fourth-order valence-electron chi connectivity index (χ4n) is 1.71. The van der Waals surface area contributed by atoms with Crippen molar-refractivity contribution in [3.05, 3.63) is 33.8 Å². The first kappa shape index (κ1) is 28.3. The van der Waals surface area contributed by atoms with E-state index in [0.29, 0.717) is 0 Å². The third-order valence-corrected chi connectivity index (χ3v) is 3.90. The number of nitrogens with one attached hydrogen (secondary N) is 1. The summed E-state index contributed by atoms with van der Waals surface area (Å²) in [7, 11) is 2.11. The van der Waals surface area contributed by atoms with Gasteiger partial charge in [-0.3, -0.25) is 4.90 Å². The monoisotopic (exact) mass is 478 g/mol. The number of aromatic amines is 1. The van der Waals surface area contributed by atoms with Gasteiger partial charge in [-0.05, 0) is 20.9 Å². The number of nitrogens with zero attached hydrogens (tertiary/aromatic N) is 3. The summed E-state index contributed by atoms with van der Waals surface area (Å²) in [5.74, 6) is -4.49. The molecule has 0 aliphatic rings. The highest BCUT2D eigenvalue weighted by molar-refractivity contribution is 7.09. The number of halogens is 6. The number of alkyl halides is 6. The molecule has 0 spiro atoms. The molecule has 31 heavy (non-hydrogen) atoms. The molecular formula is C16H20F6N4O4S. The molecule has 2 rings (SSSR count). The topological polar surface area (TPSA) is 119 Å². The molecule has 0 atom stereocenters. The van der Waals surface area contributed by atoms with Crippen LogP contribution in [0.4, 0.5) is 26.3 Å². The molecule has 0 aliphatic heterocycles. The molecule has 2 aromatic rings. The Labute approximate surface area is 176 Å². The summed E-state index contributed by atoms with van der Waals surface area (Å²) >= 11 is 1.72. The molecule has 0 saturated carbocycles. The Bertz CT molecular complexity index is 811. The molecule has 8 nitrogen and oxygen atoms in total. The van der Waals surface area contributed by atoms with Crippen molar-refractivity contribution >= 4 is 23.3 Å². The number of aliphatic carboxylic acids is 2. The number of aromatic nitrogens is 3. The maximum atomic E-state index is 10.6. The highest BCUT2D eigenvalue weighted by atomic mass is 32.1. The van der Waals surface area contributed by atoms with E-state index in [4.69, 9.17) is 19.8 Å². The Morgan fingerprint density at radius 2 is 1.58 bits per heavy atom. The molecular weight excluding hydrogens is 458 g/mol. The molecule has 2 aromatic heterocycles. The van der Waals surface area contributed by atoms with E-state index >= 15 is 0 Å². The van der Waals surface area contributed by atoms with Crippen LogP contribution in [0.25, 0.3) is 0 Å². The number of hydrogen-bond donors (Lipinski definition) is 3. The second kappa shape index (κ2) is 12.2. The van der Waals surface area contributed by atoms with E-state index in [9.17, 15) is 26.3 Å². The molecule has 0 fully saturated rings. The van der Waals surface area contributed by atoms with Gasteiger partial charge in [0.1, 0.15) is 5.82 Å². The van der Waals surface area contributed by atoms with Crippen LogP contribution in [0, 0.1) is 13.8 Å². The number of aryl methyl sites for hydroxylation is 2. The molecule has 0 saturated heterocycles. The number of likely N-dealkylation sites (N-methyl/N-ethyl adjacent to an activating group) is 1. The van der Waals surface area contributed by atoms with Crippen molar-refractivity contribution in [1.82, 2.24) is 19.9 Å². The molecule has 3 N–H and O–H groups in total. The third kappa shape index (κ3) is 13.3. The number of thiazole rings is 1. The van der Waals surface area contributed by atoms with E-state index in [1.165, 1.54) is 5.69 Å². The van der Waals surface area contributed by atoms with Crippen LogP contribution in [0.2, 0.25) is 0 Å². The van der Waals surface area contributed by atoms with Gasteiger partial charge in [-0.2, -0.15) is 26.3 Å². The largest absolute Gasteiger partial charge is 0.490 e. The molecule has 0 aromatic carbocycles. The van der Waals surface area contributed by atoms with Crippen LogP contribution < -0.4 is 0 Å². The second-order valence-electron chi connectivity index (χ2n) is 5.96. The van der Waals surface area contributed by atoms with Crippen molar-refractivity contribution in [2.24, 2.45) is 0 Å². The van der Waals surface area contributed by atoms with Crippen LogP contribution in [-0.4, -0.2) is 67.9 Å². The van der Waals surface area contributed by atoms with Crippen molar-refractivity contribution in [2.75, 3.05) is 13.6 Å². The SMILES string of the molecule is Cc1cnc(CN(C)CCc2csc(C)n2)[nH]1.O=C(O)C(F)(F)F.O=C(O)C(F)(F)F.